The molecule has 2 atom stereocenters. The molecule has 6 heteroatoms. The number of piperidine rings is 1. The van der Waals surface area contributed by atoms with E-state index in [9.17, 15) is 4.79 Å². The molecule has 0 radical (unpaired) electrons. The molecule has 2 fully saturated rings. The smallest absolute Gasteiger partial charge is 0.272 e. The predicted molar refractivity (Wildman–Crippen MR) is 72.4 cm³/mol. The van der Waals surface area contributed by atoms with Crippen LogP contribution < -0.4 is 0 Å². The number of hydrogen-bond acceptors (Lipinski definition) is 4. The van der Waals surface area contributed by atoms with Crippen LogP contribution in [0.25, 0.3) is 0 Å². The summed E-state index contributed by atoms with van der Waals surface area (Å²) in [5, 5.41) is 4.06. The Labute approximate surface area is 118 Å². The molecule has 0 N–H and O–H groups in total. The summed E-state index contributed by atoms with van der Waals surface area (Å²) < 4.78 is 13.2. The molecule has 0 saturated carbocycles. The Kier molecular flexibility index (Phi) is 3.52. The highest BCUT2D eigenvalue weighted by atomic mass is 16.5. The minimum Gasteiger partial charge on any atom is -0.377 e. The molecular formula is C14H21N3O3. The maximum Gasteiger partial charge on any atom is 0.272 e. The van der Waals surface area contributed by atoms with Crippen LogP contribution in [-0.4, -0.2) is 59.1 Å². The van der Waals surface area contributed by atoms with E-state index in [1.165, 1.54) is 0 Å². The molecular weight excluding hydrogens is 258 g/mol. The number of rotatable bonds is 2. The third kappa shape index (κ3) is 2.13. The predicted octanol–water partition coefficient (Wildman–Crippen LogP) is 0.830. The van der Waals surface area contributed by atoms with Crippen LogP contribution in [0.4, 0.5) is 0 Å². The summed E-state index contributed by atoms with van der Waals surface area (Å²) in [6, 6.07) is 1.75. The minimum absolute atomic E-state index is 0.0138. The van der Waals surface area contributed by atoms with E-state index in [2.05, 4.69) is 5.10 Å². The van der Waals surface area contributed by atoms with Gasteiger partial charge in [-0.05, 0) is 25.3 Å². The second-order valence-electron chi connectivity index (χ2n) is 5.58. The first-order valence-corrected chi connectivity index (χ1v) is 7.10. The van der Waals surface area contributed by atoms with Gasteiger partial charge >= 0.3 is 0 Å². The maximum absolute atomic E-state index is 12.5. The van der Waals surface area contributed by atoms with Crippen LogP contribution in [0.15, 0.2) is 12.3 Å². The van der Waals surface area contributed by atoms with Crippen molar-refractivity contribution in [3.8, 4) is 0 Å². The average molecular weight is 279 g/mol. The number of nitrogens with zero attached hydrogens (tertiary/aromatic N) is 3. The number of ether oxygens (including phenoxy) is 2. The summed E-state index contributed by atoms with van der Waals surface area (Å²) >= 11 is 0. The van der Waals surface area contributed by atoms with E-state index in [-0.39, 0.29) is 17.6 Å². The van der Waals surface area contributed by atoms with Gasteiger partial charge in [0.25, 0.3) is 5.91 Å². The lowest BCUT2D eigenvalue weighted by Gasteiger charge is -2.44. The standard InChI is InChI=1S/C14H21N3O3/c1-16-11(4-7-15-16)13(18)17-8-6-14(5-3-9-20-14)12(10-17)19-2/h4,7,12H,3,5-6,8-10H2,1-2H3/t12-,14-/m0/s1. The second kappa shape index (κ2) is 5.18. The van der Waals surface area contributed by atoms with Crippen LogP contribution in [0.1, 0.15) is 29.8 Å². The van der Waals surface area contributed by atoms with Gasteiger partial charge in [-0.2, -0.15) is 5.10 Å². The highest BCUT2D eigenvalue weighted by molar-refractivity contribution is 5.92. The Morgan fingerprint density at radius 3 is 3.00 bits per heavy atom. The fraction of sp³-hybridized carbons (Fsp3) is 0.714. The number of aryl methyl sites for hydroxylation is 1. The van der Waals surface area contributed by atoms with Crippen molar-refractivity contribution >= 4 is 5.91 Å². The number of hydrogen-bond donors (Lipinski definition) is 0. The third-order valence-corrected chi connectivity index (χ3v) is 4.52. The van der Waals surface area contributed by atoms with Crippen LogP contribution in [0.5, 0.6) is 0 Å². The first-order chi connectivity index (χ1) is 9.66. The molecule has 3 heterocycles. The van der Waals surface area contributed by atoms with E-state index in [0.717, 1.165) is 25.9 Å². The molecule has 2 aliphatic rings. The van der Waals surface area contributed by atoms with Gasteiger partial charge in [0, 0.05) is 33.5 Å². The first-order valence-electron chi connectivity index (χ1n) is 7.10. The summed E-state index contributed by atoms with van der Waals surface area (Å²) in [5.41, 5.74) is 0.431. The van der Waals surface area contributed by atoms with Gasteiger partial charge in [-0.15, -0.1) is 0 Å². The van der Waals surface area contributed by atoms with Crippen molar-refractivity contribution in [3.63, 3.8) is 0 Å². The lowest BCUT2D eigenvalue weighted by atomic mass is 9.85. The molecule has 1 spiro atoms. The normalized spacial score (nSPS) is 30.1. The maximum atomic E-state index is 12.5. The zero-order valence-electron chi connectivity index (χ0n) is 12.0. The molecule has 20 heavy (non-hydrogen) atoms. The van der Waals surface area contributed by atoms with Crippen LogP contribution >= 0.6 is 0 Å². The molecule has 3 rings (SSSR count). The monoisotopic (exact) mass is 279 g/mol. The molecule has 2 saturated heterocycles. The lowest BCUT2D eigenvalue weighted by molar-refractivity contribution is -0.136. The fourth-order valence-electron chi connectivity index (χ4n) is 3.33. The minimum atomic E-state index is -0.183. The number of methoxy groups -OCH3 is 1. The summed E-state index contributed by atoms with van der Waals surface area (Å²) in [5.74, 6) is 0.0138. The van der Waals surface area contributed by atoms with Crippen LogP contribution in [0.2, 0.25) is 0 Å². The van der Waals surface area contributed by atoms with Crippen molar-refractivity contribution in [1.29, 1.82) is 0 Å². The molecule has 1 aromatic heterocycles. The van der Waals surface area contributed by atoms with E-state index in [0.29, 0.717) is 18.8 Å². The summed E-state index contributed by atoms with van der Waals surface area (Å²) in [6.45, 7) is 2.10. The van der Waals surface area contributed by atoms with E-state index >= 15 is 0 Å². The zero-order chi connectivity index (χ0) is 14.2. The van der Waals surface area contributed by atoms with Gasteiger partial charge < -0.3 is 14.4 Å². The molecule has 0 aliphatic carbocycles. The van der Waals surface area contributed by atoms with Gasteiger partial charge in [0.2, 0.25) is 0 Å². The van der Waals surface area contributed by atoms with E-state index in [1.54, 1.807) is 31.1 Å². The number of carbonyl (C=O) groups excluding carboxylic acids is 1. The van der Waals surface area contributed by atoms with Crippen molar-refractivity contribution in [1.82, 2.24) is 14.7 Å². The average Bonchev–Trinajstić information content (AvgIpc) is 3.08. The van der Waals surface area contributed by atoms with Crippen molar-refractivity contribution < 1.29 is 14.3 Å². The van der Waals surface area contributed by atoms with Gasteiger partial charge in [-0.1, -0.05) is 0 Å². The second-order valence-corrected chi connectivity index (χ2v) is 5.58. The first kappa shape index (κ1) is 13.6. The number of aromatic nitrogens is 2. The largest absolute Gasteiger partial charge is 0.377 e. The Balaban J connectivity index is 1.75. The van der Waals surface area contributed by atoms with Crippen molar-refractivity contribution in [2.45, 2.75) is 31.0 Å². The number of carbonyl (C=O) groups is 1. The Morgan fingerprint density at radius 2 is 2.40 bits per heavy atom. The van der Waals surface area contributed by atoms with Crippen LogP contribution in [0.3, 0.4) is 0 Å². The molecule has 1 amide bonds. The number of likely N-dealkylation sites (tertiary alicyclic amines) is 1. The summed E-state index contributed by atoms with van der Waals surface area (Å²) in [6.07, 6.45) is 4.55. The van der Waals surface area contributed by atoms with Crippen LogP contribution in [-0.2, 0) is 16.5 Å². The van der Waals surface area contributed by atoms with E-state index in [4.69, 9.17) is 9.47 Å². The van der Waals surface area contributed by atoms with Gasteiger partial charge in [0.15, 0.2) is 0 Å². The van der Waals surface area contributed by atoms with Crippen LogP contribution in [0, 0.1) is 0 Å². The zero-order valence-corrected chi connectivity index (χ0v) is 12.0. The van der Waals surface area contributed by atoms with Crippen molar-refractivity contribution in [2.24, 2.45) is 7.05 Å². The Morgan fingerprint density at radius 1 is 1.55 bits per heavy atom. The quantitative estimate of drug-likeness (QED) is 0.804. The highest BCUT2D eigenvalue weighted by Crippen LogP contribution is 2.37. The molecule has 1 aromatic rings. The third-order valence-electron chi connectivity index (χ3n) is 4.52. The molecule has 0 bridgehead atoms. The summed E-state index contributed by atoms with van der Waals surface area (Å²) in [4.78, 5) is 14.4. The molecule has 2 aliphatic heterocycles. The summed E-state index contributed by atoms with van der Waals surface area (Å²) in [7, 11) is 3.48. The van der Waals surface area contributed by atoms with E-state index < -0.39 is 0 Å². The lowest BCUT2D eigenvalue weighted by Crippen LogP contribution is -2.57. The fourth-order valence-corrected chi connectivity index (χ4v) is 3.33. The van der Waals surface area contributed by atoms with Crippen molar-refractivity contribution in [3.05, 3.63) is 18.0 Å². The Hall–Kier alpha value is -1.40. The topological polar surface area (TPSA) is 56.6 Å². The van der Waals surface area contributed by atoms with Gasteiger partial charge in [-0.25, -0.2) is 0 Å². The van der Waals surface area contributed by atoms with Gasteiger partial charge in [0.05, 0.1) is 12.1 Å². The molecule has 0 aromatic carbocycles. The molecule has 6 nitrogen and oxygen atoms in total. The Bertz CT molecular complexity index is 494. The van der Waals surface area contributed by atoms with Gasteiger partial charge in [0.1, 0.15) is 11.8 Å². The SMILES string of the molecule is CO[C@H]1CN(C(=O)c2ccnn2C)CC[C@@]12CCCO2. The van der Waals surface area contributed by atoms with E-state index in [1.807, 2.05) is 4.90 Å². The molecule has 0 unspecified atom stereocenters. The van der Waals surface area contributed by atoms with Gasteiger partial charge in [-0.3, -0.25) is 9.48 Å². The van der Waals surface area contributed by atoms with Crippen molar-refractivity contribution in [2.75, 3.05) is 26.8 Å². The highest BCUT2D eigenvalue weighted by Gasteiger charge is 2.47. The number of amides is 1. The molecule has 110 valence electrons.